The zero-order valence-electron chi connectivity index (χ0n) is 19.1. The molecule has 7 saturated heterocycles. The number of hydrogen-bond donors (Lipinski definition) is 0. The van der Waals surface area contributed by atoms with Crippen LogP contribution in [0.15, 0.2) is 0 Å². The van der Waals surface area contributed by atoms with Crippen molar-refractivity contribution in [3.63, 3.8) is 0 Å². The van der Waals surface area contributed by atoms with Crippen LogP contribution in [0, 0.1) is 21.7 Å². The summed E-state index contributed by atoms with van der Waals surface area (Å²) in [6.45, 7) is 32.6. The summed E-state index contributed by atoms with van der Waals surface area (Å²) in [4.78, 5) is 0. The summed E-state index contributed by atoms with van der Waals surface area (Å²) < 4.78 is 3.78. The Hall–Kier alpha value is 3.37. The van der Waals surface area contributed by atoms with Crippen molar-refractivity contribution in [3.8, 4) is 0 Å². The summed E-state index contributed by atoms with van der Waals surface area (Å²) in [5.74, 6) is 0. The van der Waals surface area contributed by atoms with Crippen LogP contribution < -0.4 is 0 Å². The molecule has 0 N–H and O–H groups in total. The summed E-state index contributed by atoms with van der Waals surface area (Å²) in [5.41, 5.74) is 2.43. The van der Waals surface area contributed by atoms with Gasteiger partial charge in [0.05, 0.1) is 0 Å². The number of hydrogen-bond acceptors (Lipinski definition) is 0. The van der Waals surface area contributed by atoms with Gasteiger partial charge in [0.15, 0.2) is 0 Å². The van der Waals surface area contributed by atoms with Gasteiger partial charge < -0.3 is 0 Å². The Morgan fingerprint density at radius 1 is 0.444 bits per heavy atom. The Bertz CT molecular complexity index is 723. The molecular formula is C20H36P6Te. The first kappa shape index (κ1) is 20.9. The van der Waals surface area contributed by atoms with Crippen LogP contribution in [0.4, 0.5) is 0 Å². The molecule has 7 heteroatoms. The zero-order chi connectivity index (χ0) is 20.2. The van der Waals surface area contributed by atoms with Crippen molar-refractivity contribution >= 4 is 61.5 Å². The first-order valence-electron chi connectivity index (χ1n) is 10.4. The molecule has 2 bridgehead atoms. The molecule has 7 fully saturated rings. The van der Waals surface area contributed by atoms with E-state index in [0.717, 1.165) is 18.6 Å². The van der Waals surface area contributed by atoms with Crippen LogP contribution in [0.3, 0.4) is 0 Å². The number of rotatable bonds is 0. The normalized spacial score (nSPS) is 61.8. The van der Waals surface area contributed by atoms with Crippen LogP contribution in [-0.4, -0.2) is 38.4 Å². The van der Waals surface area contributed by atoms with Crippen LogP contribution in [0.2, 0.25) is 0 Å². The molecule has 6 atom stereocenters. The Morgan fingerprint density at radius 3 is 0.926 bits per heavy atom. The van der Waals surface area contributed by atoms with E-state index in [4.69, 9.17) is 0 Å². The van der Waals surface area contributed by atoms with Crippen LogP contribution in [0.1, 0.15) is 83.1 Å². The summed E-state index contributed by atoms with van der Waals surface area (Å²) >= 11 is 0.336. The Balaban J connectivity index is 1.72. The molecule has 6 unspecified atom stereocenters. The van der Waals surface area contributed by atoms with Crippen molar-refractivity contribution in [1.82, 2.24) is 0 Å². The van der Waals surface area contributed by atoms with Gasteiger partial charge in [0.2, 0.25) is 0 Å². The van der Waals surface area contributed by atoms with Crippen molar-refractivity contribution in [3.05, 3.63) is 0 Å². The van der Waals surface area contributed by atoms with E-state index in [2.05, 4.69) is 83.1 Å². The standard InChI is InChI=1S/C20H36P6Te/c1-13(2,3)17-21-18(14(4,5)6)22(17)20(16(10,11)12)24(18)26-19(21,15(7,8)9)23(17)25(20)27-26/h1-12H3. The SMILES string of the molecule is CC(C)(C)C12P3[Te]P4P1C1(C(C)(C)C)P2C2(C(C)(C)C)P3C4(C(C)(C)C)P12. The van der Waals surface area contributed by atoms with E-state index in [-0.39, 0.29) is 15.8 Å². The monoisotopic (exact) mass is 592 g/mol. The maximum atomic E-state index is 2.72. The summed E-state index contributed by atoms with van der Waals surface area (Å²) in [6, 6.07) is 0. The third kappa shape index (κ3) is 1.45. The molecule has 0 aromatic heterocycles. The van der Waals surface area contributed by atoms with E-state index in [1.165, 1.54) is 0 Å². The second-order valence-electron chi connectivity index (χ2n) is 13.5. The average molecular weight is 590 g/mol. The summed E-state index contributed by atoms with van der Waals surface area (Å²) in [7, 11) is 1.29. The molecule has 0 aliphatic carbocycles. The molecule has 0 amide bonds. The fourth-order valence-corrected chi connectivity index (χ4v) is 166. The van der Waals surface area contributed by atoms with E-state index < -0.39 is 0 Å². The molecule has 0 aromatic rings. The van der Waals surface area contributed by atoms with Gasteiger partial charge in [0.1, 0.15) is 0 Å². The third-order valence-electron chi connectivity index (χ3n) is 8.13. The van der Waals surface area contributed by atoms with Gasteiger partial charge in [-0.1, -0.05) is 0 Å². The Kier molecular flexibility index (Phi) is 3.70. The molecule has 7 rings (SSSR count). The van der Waals surface area contributed by atoms with Gasteiger partial charge in [-0.05, 0) is 0 Å². The molecule has 27 heavy (non-hydrogen) atoms. The summed E-state index contributed by atoms with van der Waals surface area (Å²) in [6.07, 6.45) is 0. The topological polar surface area (TPSA) is 0 Å². The quantitative estimate of drug-likeness (QED) is 0.195. The van der Waals surface area contributed by atoms with E-state index in [0.29, 0.717) is 67.3 Å². The van der Waals surface area contributed by atoms with Gasteiger partial charge in [0, 0.05) is 0 Å². The van der Waals surface area contributed by atoms with Crippen LogP contribution >= 0.6 is 41.7 Å². The fraction of sp³-hybridized carbons (Fsp3) is 1.00. The molecular weight excluding hydrogens is 554 g/mol. The molecule has 0 saturated carbocycles. The predicted octanol–water partition coefficient (Wildman–Crippen LogP) is 10.1. The molecule has 152 valence electrons. The van der Waals surface area contributed by atoms with Gasteiger partial charge in [-0.2, -0.15) is 0 Å². The van der Waals surface area contributed by atoms with Crippen LogP contribution in [0.5, 0.6) is 0 Å². The molecule has 7 aliphatic rings. The Labute approximate surface area is 183 Å². The van der Waals surface area contributed by atoms with Gasteiger partial charge >= 0.3 is 185 Å². The second kappa shape index (κ2) is 4.77. The van der Waals surface area contributed by atoms with Gasteiger partial charge in [-0.3, -0.25) is 0 Å². The van der Waals surface area contributed by atoms with Gasteiger partial charge in [0.25, 0.3) is 0 Å². The molecule has 7 heterocycles. The van der Waals surface area contributed by atoms with Crippen molar-refractivity contribution in [2.75, 3.05) is 0 Å². The molecule has 7 aliphatic heterocycles. The molecule has 0 nitrogen and oxygen atoms in total. The fourth-order valence-electron chi connectivity index (χ4n) is 7.61. The maximum absolute atomic E-state index is 2.72. The van der Waals surface area contributed by atoms with Crippen molar-refractivity contribution in [1.29, 1.82) is 0 Å². The van der Waals surface area contributed by atoms with Crippen molar-refractivity contribution < 1.29 is 0 Å². The van der Waals surface area contributed by atoms with Crippen LogP contribution in [-0.2, 0) is 0 Å². The van der Waals surface area contributed by atoms with Crippen LogP contribution in [0.25, 0.3) is 0 Å². The minimum atomic E-state index is 0.273. The van der Waals surface area contributed by atoms with Crippen molar-refractivity contribution in [2.24, 2.45) is 21.7 Å². The minimum absolute atomic E-state index is 0.273. The average Bonchev–Trinajstić information content (AvgIpc) is 2.68. The van der Waals surface area contributed by atoms with Gasteiger partial charge in [-0.15, -0.1) is 0 Å². The van der Waals surface area contributed by atoms with E-state index in [9.17, 15) is 0 Å². The van der Waals surface area contributed by atoms with E-state index in [1.807, 2.05) is 0 Å². The first-order valence-corrected chi connectivity index (χ1v) is 26.0. The molecule has 0 aromatic carbocycles. The Morgan fingerprint density at radius 2 is 0.704 bits per heavy atom. The van der Waals surface area contributed by atoms with Gasteiger partial charge in [-0.25, -0.2) is 0 Å². The zero-order valence-corrected chi connectivity index (χ0v) is 26.8. The van der Waals surface area contributed by atoms with E-state index in [1.54, 1.807) is 0 Å². The van der Waals surface area contributed by atoms with Crippen molar-refractivity contribution in [2.45, 2.75) is 102 Å². The molecule has 0 radical (unpaired) electrons. The second-order valence-corrected chi connectivity index (χ2v) is 50.4. The van der Waals surface area contributed by atoms with E-state index >= 15 is 0 Å². The predicted molar refractivity (Wildman–Crippen MR) is 136 cm³/mol. The first-order chi connectivity index (χ1) is 11.9. The third-order valence-corrected chi connectivity index (χ3v) is 87.9. The molecule has 0 spiro atoms. The summed E-state index contributed by atoms with van der Waals surface area (Å²) in [5, 5.41) is 0.964.